The molecule has 0 radical (unpaired) electrons. The Labute approximate surface area is 159 Å². The monoisotopic (exact) mass is 368 g/mol. The van der Waals surface area contributed by atoms with Gasteiger partial charge in [-0.1, -0.05) is 29.8 Å². The van der Waals surface area contributed by atoms with Crippen molar-refractivity contribution in [3.8, 4) is 0 Å². The lowest BCUT2D eigenvalue weighted by Gasteiger charge is -2.23. The van der Waals surface area contributed by atoms with Crippen LogP contribution >= 0.6 is 0 Å². The van der Waals surface area contributed by atoms with E-state index in [0.717, 1.165) is 38.4 Å². The Hall–Kier alpha value is -2.70. The predicted octanol–water partition coefficient (Wildman–Crippen LogP) is 0.892. The van der Waals surface area contributed by atoms with Crippen molar-refractivity contribution in [2.75, 3.05) is 44.7 Å². The number of ether oxygens (including phenoxy) is 1. The normalized spacial score (nSPS) is 14.6. The van der Waals surface area contributed by atoms with Gasteiger partial charge >= 0.3 is 0 Å². The number of hydrogen-bond acceptors (Lipinski definition) is 3. The standard InChI is InChI=1S/C21H25N3O3/c1-16-6-8-17(9-7-16)20(25)23-19-5-3-2-4-18(19)21(26)22-10-11-24-12-14-27-15-13-24/h2-9H,10-15H2,1H3,(H,22,26)(H,23,25)/p+1. The lowest BCUT2D eigenvalue weighted by Crippen LogP contribution is -3.14. The number of carbonyl (C=O) groups is 2. The summed E-state index contributed by atoms with van der Waals surface area (Å²) in [5, 5.41) is 5.80. The third-order valence-corrected chi connectivity index (χ3v) is 4.70. The Morgan fingerprint density at radius 2 is 1.70 bits per heavy atom. The van der Waals surface area contributed by atoms with E-state index in [0.29, 0.717) is 23.4 Å². The third-order valence-electron chi connectivity index (χ3n) is 4.70. The number of rotatable bonds is 6. The molecule has 0 bridgehead atoms. The first-order valence-corrected chi connectivity index (χ1v) is 9.30. The molecule has 1 fully saturated rings. The maximum Gasteiger partial charge on any atom is 0.255 e. The number of quaternary nitrogens is 1. The number of nitrogens with one attached hydrogen (secondary N) is 3. The smallest absolute Gasteiger partial charge is 0.255 e. The minimum atomic E-state index is -0.229. The van der Waals surface area contributed by atoms with E-state index >= 15 is 0 Å². The minimum Gasteiger partial charge on any atom is -0.370 e. The van der Waals surface area contributed by atoms with Gasteiger partial charge in [-0.25, -0.2) is 0 Å². The Kier molecular flexibility index (Phi) is 6.57. The van der Waals surface area contributed by atoms with E-state index in [1.807, 2.05) is 19.1 Å². The van der Waals surface area contributed by atoms with Crippen LogP contribution in [0.3, 0.4) is 0 Å². The lowest BCUT2D eigenvalue weighted by molar-refractivity contribution is -0.906. The van der Waals surface area contributed by atoms with Crippen molar-refractivity contribution in [3.63, 3.8) is 0 Å². The van der Waals surface area contributed by atoms with Crippen LogP contribution in [0.5, 0.6) is 0 Å². The van der Waals surface area contributed by atoms with E-state index in [1.54, 1.807) is 36.4 Å². The van der Waals surface area contributed by atoms with Gasteiger partial charge in [-0.15, -0.1) is 0 Å². The van der Waals surface area contributed by atoms with Gasteiger partial charge in [-0.2, -0.15) is 0 Å². The van der Waals surface area contributed by atoms with Crippen molar-refractivity contribution < 1.29 is 19.2 Å². The molecule has 142 valence electrons. The zero-order valence-corrected chi connectivity index (χ0v) is 15.6. The molecule has 6 nitrogen and oxygen atoms in total. The first-order valence-electron chi connectivity index (χ1n) is 9.30. The average Bonchev–Trinajstić information content (AvgIpc) is 2.69. The van der Waals surface area contributed by atoms with Crippen LogP contribution in [0.2, 0.25) is 0 Å². The Morgan fingerprint density at radius 1 is 1.00 bits per heavy atom. The zero-order chi connectivity index (χ0) is 19.1. The summed E-state index contributed by atoms with van der Waals surface area (Å²) in [5.74, 6) is -0.407. The van der Waals surface area contributed by atoms with Crippen molar-refractivity contribution >= 4 is 17.5 Å². The third kappa shape index (κ3) is 5.39. The Bertz CT molecular complexity index is 784. The van der Waals surface area contributed by atoms with E-state index in [9.17, 15) is 9.59 Å². The number of hydrogen-bond donors (Lipinski definition) is 3. The lowest BCUT2D eigenvalue weighted by atomic mass is 10.1. The predicted molar refractivity (Wildman–Crippen MR) is 104 cm³/mol. The van der Waals surface area contributed by atoms with Crippen molar-refractivity contribution in [1.29, 1.82) is 0 Å². The molecule has 2 amide bonds. The summed E-state index contributed by atoms with van der Waals surface area (Å²) in [5.41, 5.74) is 2.63. The highest BCUT2D eigenvalue weighted by atomic mass is 16.5. The van der Waals surface area contributed by atoms with Crippen LogP contribution in [0.15, 0.2) is 48.5 Å². The minimum absolute atomic E-state index is 0.178. The molecule has 0 saturated carbocycles. The highest BCUT2D eigenvalue weighted by Gasteiger charge is 2.16. The van der Waals surface area contributed by atoms with Crippen LogP contribution in [0, 0.1) is 6.92 Å². The van der Waals surface area contributed by atoms with Crippen LogP contribution in [0.1, 0.15) is 26.3 Å². The van der Waals surface area contributed by atoms with Gasteiger partial charge in [0, 0.05) is 5.56 Å². The fraction of sp³-hybridized carbons (Fsp3) is 0.333. The van der Waals surface area contributed by atoms with Crippen molar-refractivity contribution in [3.05, 3.63) is 65.2 Å². The maximum absolute atomic E-state index is 12.6. The van der Waals surface area contributed by atoms with Crippen LogP contribution in [0.4, 0.5) is 5.69 Å². The molecule has 1 heterocycles. The molecule has 1 aliphatic rings. The topological polar surface area (TPSA) is 71.9 Å². The molecule has 1 saturated heterocycles. The molecular formula is C21H26N3O3+. The van der Waals surface area contributed by atoms with Gasteiger partial charge in [0.25, 0.3) is 11.8 Å². The quantitative estimate of drug-likeness (QED) is 0.709. The summed E-state index contributed by atoms with van der Waals surface area (Å²) in [6.45, 7) is 6.92. The molecule has 3 rings (SSSR count). The molecule has 2 aromatic carbocycles. The molecule has 27 heavy (non-hydrogen) atoms. The highest BCUT2D eigenvalue weighted by molar-refractivity contribution is 6.09. The summed E-state index contributed by atoms with van der Waals surface area (Å²) < 4.78 is 5.34. The first kappa shape index (κ1) is 19.1. The average molecular weight is 368 g/mol. The molecule has 6 heteroatoms. The van der Waals surface area contributed by atoms with E-state index in [-0.39, 0.29) is 11.8 Å². The first-order chi connectivity index (χ1) is 13.1. The van der Waals surface area contributed by atoms with E-state index < -0.39 is 0 Å². The summed E-state index contributed by atoms with van der Waals surface area (Å²) in [7, 11) is 0. The van der Waals surface area contributed by atoms with Gasteiger partial charge in [-0.3, -0.25) is 9.59 Å². The van der Waals surface area contributed by atoms with Crippen LogP contribution in [-0.2, 0) is 4.74 Å². The number of amides is 2. The van der Waals surface area contributed by atoms with Crippen molar-refractivity contribution in [2.24, 2.45) is 0 Å². The number of aryl methyl sites for hydroxylation is 1. The van der Waals surface area contributed by atoms with Gasteiger partial charge in [0.05, 0.1) is 37.6 Å². The Balaban J connectivity index is 1.59. The molecule has 0 spiro atoms. The Morgan fingerprint density at radius 3 is 2.44 bits per heavy atom. The van der Waals surface area contributed by atoms with Crippen molar-refractivity contribution in [2.45, 2.75) is 6.92 Å². The fourth-order valence-electron chi connectivity index (χ4n) is 3.05. The molecule has 1 aliphatic heterocycles. The van der Waals surface area contributed by atoms with E-state index in [4.69, 9.17) is 4.74 Å². The van der Waals surface area contributed by atoms with E-state index in [1.165, 1.54) is 4.90 Å². The van der Waals surface area contributed by atoms with Gasteiger partial charge in [0.2, 0.25) is 0 Å². The summed E-state index contributed by atoms with van der Waals surface area (Å²) in [6.07, 6.45) is 0. The SMILES string of the molecule is Cc1ccc(C(=O)Nc2ccccc2C(=O)NCC[NH+]2CCOCC2)cc1. The van der Waals surface area contributed by atoms with Crippen LogP contribution in [-0.4, -0.2) is 51.2 Å². The van der Waals surface area contributed by atoms with Gasteiger partial charge < -0.3 is 20.3 Å². The number of morpholine rings is 1. The molecule has 2 aromatic rings. The summed E-state index contributed by atoms with van der Waals surface area (Å²) >= 11 is 0. The molecule has 0 aromatic heterocycles. The summed E-state index contributed by atoms with van der Waals surface area (Å²) in [6, 6.07) is 14.4. The highest BCUT2D eigenvalue weighted by Crippen LogP contribution is 2.16. The van der Waals surface area contributed by atoms with Crippen molar-refractivity contribution in [1.82, 2.24) is 5.32 Å². The second-order valence-electron chi connectivity index (χ2n) is 6.73. The zero-order valence-electron chi connectivity index (χ0n) is 15.6. The molecule has 0 atom stereocenters. The van der Waals surface area contributed by atoms with Gasteiger partial charge in [-0.05, 0) is 31.2 Å². The van der Waals surface area contributed by atoms with Gasteiger partial charge in [0.1, 0.15) is 13.1 Å². The molecular weight excluding hydrogens is 342 g/mol. The number of carbonyl (C=O) groups excluding carboxylic acids is 2. The van der Waals surface area contributed by atoms with Crippen LogP contribution in [0.25, 0.3) is 0 Å². The second-order valence-corrected chi connectivity index (χ2v) is 6.73. The number of para-hydroxylation sites is 1. The number of anilines is 1. The van der Waals surface area contributed by atoms with Crippen LogP contribution < -0.4 is 15.5 Å². The number of benzene rings is 2. The molecule has 0 unspecified atom stereocenters. The summed E-state index contributed by atoms with van der Waals surface area (Å²) in [4.78, 5) is 26.5. The molecule has 0 aliphatic carbocycles. The van der Waals surface area contributed by atoms with E-state index in [2.05, 4.69) is 10.6 Å². The maximum atomic E-state index is 12.6. The fourth-order valence-corrected chi connectivity index (χ4v) is 3.05. The largest absolute Gasteiger partial charge is 0.370 e. The van der Waals surface area contributed by atoms with Gasteiger partial charge in [0.15, 0.2) is 0 Å². The molecule has 3 N–H and O–H groups in total. The second kappa shape index (κ2) is 9.30.